The third kappa shape index (κ3) is 3.36. The number of benzene rings is 3. The summed E-state index contributed by atoms with van der Waals surface area (Å²) in [5.74, 6) is 1.92. The summed E-state index contributed by atoms with van der Waals surface area (Å²) >= 11 is 6.73. The number of halogens is 1. The van der Waals surface area contributed by atoms with Gasteiger partial charge in [-0.15, -0.1) is 0 Å². The standard InChI is InChI=1S/C26H22ClN5O2/c1-15-5-4-6-17(27)23(15)24-18(30-11-16-13-33-21-7-2-3-8-22(21)34-16)9-10-19-25(24)31-26(28)20-12-29-14-32(19)20/h2-10,12,14,16,30H,11,13H2,1H3,(H2,28,31). The molecule has 3 aromatic carbocycles. The molecule has 3 heterocycles. The van der Waals surface area contributed by atoms with Crippen LogP contribution in [0.15, 0.2) is 67.1 Å². The fourth-order valence-corrected chi connectivity index (χ4v) is 4.79. The van der Waals surface area contributed by atoms with Crippen LogP contribution in [0.25, 0.3) is 27.7 Å². The highest BCUT2D eigenvalue weighted by Gasteiger charge is 2.23. The molecule has 1 aliphatic rings. The molecule has 0 fully saturated rings. The van der Waals surface area contributed by atoms with Crippen molar-refractivity contribution in [2.75, 3.05) is 24.2 Å². The van der Waals surface area contributed by atoms with Gasteiger partial charge in [0.25, 0.3) is 0 Å². The molecule has 0 bridgehead atoms. The number of rotatable bonds is 4. The van der Waals surface area contributed by atoms with E-state index in [4.69, 9.17) is 31.8 Å². The summed E-state index contributed by atoms with van der Waals surface area (Å²) in [7, 11) is 0. The molecule has 0 radical (unpaired) electrons. The molecule has 170 valence electrons. The van der Waals surface area contributed by atoms with Gasteiger partial charge in [-0.1, -0.05) is 35.9 Å². The number of nitrogens with zero attached hydrogens (tertiary/aromatic N) is 3. The summed E-state index contributed by atoms with van der Waals surface area (Å²) in [6.07, 6.45) is 3.31. The van der Waals surface area contributed by atoms with Crippen molar-refractivity contribution in [1.82, 2.24) is 14.4 Å². The van der Waals surface area contributed by atoms with Crippen LogP contribution >= 0.6 is 11.6 Å². The molecule has 0 saturated carbocycles. The van der Waals surface area contributed by atoms with Crippen LogP contribution in [0.1, 0.15) is 5.56 Å². The number of para-hydroxylation sites is 2. The van der Waals surface area contributed by atoms with E-state index in [0.717, 1.165) is 50.4 Å². The molecule has 34 heavy (non-hydrogen) atoms. The van der Waals surface area contributed by atoms with Gasteiger partial charge in [-0.25, -0.2) is 9.97 Å². The van der Waals surface area contributed by atoms with Gasteiger partial charge in [0, 0.05) is 21.8 Å². The van der Waals surface area contributed by atoms with E-state index in [0.29, 0.717) is 24.0 Å². The maximum absolute atomic E-state index is 6.73. The van der Waals surface area contributed by atoms with Gasteiger partial charge in [0.1, 0.15) is 24.0 Å². The maximum atomic E-state index is 6.73. The van der Waals surface area contributed by atoms with Crippen molar-refractivity contribution in [1.29, 1.82) is 0 Å². The number of aryl methyl sites for hydroxylation is 1. The minimum Gasteiger partial charge on any atom is -0.486 e. The molecule has 7 nitrogen and oxygen atoms in total. The van der Waals surface area contributed by atoms with Gasteiger partial charge in [-0.2, -0.15) is 0 Å². The molecule has 0 aliphatic carbocycles. The van der Waals surface area contributed by atoms with Crippen molar-refractivity contribution in [2.45, 2.75) is 13.0 Å². The zero-order valence-electron chi connectivity index (χ0n) is 18.5. The molecule has 1 atom stereocenters. The Balaban J connectivity index is 1.46. The first-order chi connectivity index (χ1) is 16.6. The Hall–Kier alpha value is -3.97. The number of fused-ring (bicyclic) bond motifs is 4. The molecule has 0 spiro atoms. The molecular formula is C26H22ClN5O2. The second kappa shape index (κ2) is 8.11. The molecule has 0 amide bonds. The lowest BCUT2D eigenvalue weighted by Crippen LogP contribution is -2.35. The summed E-state index contributed by atoms with van der Waals surface area (Å²) in [4.78, 5) is 9.04. The number of imidazole rings is 1. The Bertz CT molecular complexity index is 1530. The largest absolute Gasteiger partial charge is 0.486 e. The van der Waals surface area contributed by atoms with Crippen LogP contribution in [0.2, 0.25) is 5.02 Å². The van der Waals surface area contributed by atoms with Gasteiger partial charge in [0.05, 0.1) is 30.1 Å². The fourth-order valence-electron chi connectivity index (χ4n) is 4.48. The Morgan fingerprint density at radius 3 is 2.76 bits per heavy atom. The molecule has 2 aromatic heterocycles. The monoisotopic (exact) mass is 471 g/mol. The van der Waals surface area contributed by atoms with Gasteiger partial charge in [0.15, 0.2) is 11.5 Å². The summed E-state index contributed by atoms with van der Waals surface area (Å²) in [6, 6.07) is 17.6. The third-order valence-corrected chi connectivity index (χ3v) is 6.42. The zero-order chi connectivity index (χ0) is 23.2. The molecule has 3 N–H and O–H groups in total. The first-order valence-corrected chi connectivity index (χ1v) is 11.4. The van der Waals surface area contributed by atoms with Crippen LogP contribution in [0, 0.1) is 6.92 Å². The quantitative estimate of drug-likeness (QED) is 0.367. The van der Waals surface area contributed by atoms with Crippen LogP contribution in [0.5, 0.6) is 11.5 Å². The van der Waals surface area contributed by atoms with Gasteiger partial charge >= 0.3 is 0 Å². The van der Waals surface area contributed by atoms with Crippen LogP contribution in [-0.4, -0.2) is 33.6 Å². The number of hydrogen-bond donors (Lipinski definition) is 2. The fraction of sp³-hybridized carbons (Fsp3) is 0.154. The van der Waals surface area contributed by atoms with Crippen molar-refractivity contribution in [3.05, 3.63) is 77.7 Å². The summed E-state index contributed by atoms with van der Waals surface area (Å²) in [6.45, 7) is 3.04. The van der Waals surface area contributed by atoms with Crippen molar-refractivity contribution >= 4 is 39.7 Å². The normalized spacial score (nSPS) is 15.1. The average Bonchev–Trinajstić information content (AvgIpc) is 3.34. The number of hydrogen-bond acceptors (Lipinski definition) is 6. The molecule has 5 aromatic rings. The van der Waals surface area contributed by atoms with Crippen LogP contribution in [0.3, 0.4) is 0 Å². The van der Waals surface area contributed by atoms with E-state index in [-0.39, 0.29) is 6.10 Å². The predicted octanol–water partition coefficient (Wildman–Crippen LogP) is 5.35. The van der Waals surface area contributed by atoms with Gasteiger partial charge in [-0.3, -0.25) is 4.40 Å². The minimum absolute atomic E-state index is 0.153. The Morgan fingerprint density at radius 1 is 1.06 bits per heavy atom. The van der Waals surface area contributed by atoms with E-state index < -0.39 is 0 Å². The molecule has 1 aliphatic heterocycles. The van der Waals surface area contributed by atoms with E-state index >= 15 is 0 Å². The number of nitrogens with one attached hydrogen (secondary N) is 1. The van der Waals surface area contributed by atoms with E-state index in [1.165, 1.54) is 0 Å². The highest BCUT2D eigenvalue weighted by atomic mass is 35.5. The first kappa shape index (κ1) is 20.6. The molecular weight excluding hydrogens is 450 g/mol. The number of aromatic nitrogens is 3. The van der Waals surface area contributed by atoms with Crippen molar-refractivity contribution in [3.8, 4) is 22.6 Å². The number of nitrogens with two attached hydrogens (primary N) is 1. The smallest absolute Gasteiger partial charge is 0.161 e. The molecule has 1 unspecified atom stereocenters. The number of nitrogen functional groups attached to an aromatic ring is 1. The summed E-state index contributed by atoms with van der Waals surface area (Å²) in [5.41, 5.74) is 12.5. The van der Waals surface area contributed by atoms with Crippen molar-refractivity contribution in [3.63, 3.8) is 0 Å². The zero-order valence-corrected chi connectivity index (χ0v) is 19.2. The number of ether oxygens (including phenoxy) is 2. The second-order valence-electron chi connectivity index (χ2n) is 8.31. The molecule has 8 heteroatoms. The van der Waals surface area contributed by atoms with Crippen LogP contribution in [-0.2, 0) is 0 Å². The maximum Gasteiger partial charge on any atom is 0.161 e. The topological polar surface area (TPSA) is 86.7 Å². The van der Waals surface area contributed by atoms with Gasteiger partial charge < -0.3 is 20.5 Å². The Kier molecular flexibility index (Phi) is 4.92. The summed E-state index contributed by atoms with van der Waals surface area (Å²) < 4.78 is 14.0. The highest BCUT2D eigenvalue weighted by molar-refractivity contribution is 6.34. The van der Waals surface area contributed by atoms with Gasteiger partial charge in [-0.05, 0) is 42.8 Å². The van der Waals surface area contributed by atoms with Crippen LogP contribution < -0.4 is 20.5 Å². The lowest BCUT2D eigenvalue weighted by molar-refractivity contribution is 0.0998. The van der Waals surface area contributed by atoms with Crippen molar-refractivity contribution in [2.24, 2.45) is 0 Å². The predicted molar refractivity (Wildman–Crippen MR) is 135 cm³/mol. The SMILES string of the molecule is Cc1cccc(Cl)c1-c1c(NCC2COc3ccccc3O2)ccc2c1nc(N)c1cncn12. The van der Waals surface area contributed by atoms with E-state index in [1.807, 2.05) is 65.9 Å². The lowest BCUT2D eigenvalue weighted by atomic mass is 9.96. The average molecular weight is 472 g/mol. The lowest BCUT2D eigenvalue weighted by Gasteiger charge is -2.27. The summed E-state index contributed by atoms with van der Waals surface area (Å²) in [5, 5.41) is 4.20. The Morgan fingerprint density at radius 2 is 1.91 bits per heavy atom. The van der Waals surface area contributed by atoms with Crippen LogP contribution in [0.4, 0.5) is 11.5 Å². The van der Waals surface area contributed by atoms with E-state index in [1.54, 1.807) is 12.5 Å². The van der Waals surface area contributed by atoms with E-state index in [2.05, 4.69) is 10.3 Å². The highest BCUT2D eigenvalue weighted by Crippen LogP contribution is 2.41. The van der Waals surface area contributed by atoms with E-state index in [9.17, 15) is 0 Å². The van der Waals surface area contributed by atoms with Crippen molar-refractivity contribution < 1.29 is 9.47 Å². The number of anilines is 2. The third-order valence-electron chi connectivity index (χ3n) is 6.11. The Labute approximate surface area is 201 Å². The molecule has 0 saturated heterocycles. The molecule has 6 rings (SSSR count). The van der Waals surface area contributed by atoms with Gasteiger partial charge in [0.2, 0.25) is 0 Å². The minimum atomic E-state index is -0.153. The first-order valence-electron chi connectivity index (χ1n) is 11.0. The second-order valence-corrected chi connectivity index (χ2v) is 8.72.